The van der Waals surface area contributed by atoms with Crippen LogP contribution in [0.2, 0.25) is 0 Å². The molecular formula is C17H21N3O2S. The highest BCUT2D eigenvalue weighted by atomic mass is 32.1. The highest BCUT2D eigenvalue weighted by molar-refractivity contribution is 7.17. The third-order valence-electron chi connectivity index (χ3n) is 3.81. The monoisotopic (exact) mass is 331 g/mol. The van der Waals surface area contributed by atoms with Gasteiger partial charge in [-0.25, -0.2) is 4.98 Å². The van der Waals surface area contributed by atoms with Crippen LogP contribution in [0.15, 0.2) is 24.3 Å². The van der Waals surface area contributed by atoms with Gasteiger partial charge in [0.25, 0.3) is 5.91 Å². The summed E-state index contributed by atoms with van der Waals surface area (Å²) in [5.41, 5.74) is 1.82. The molecule has 1 fully saturated rings. The Morgan fingerprint density at radius 3 is 2.65 bits per heavy atom. The van der Waals surface area contributed by atoms with Gasteiger partial charge in [0.2, 0.25) is 0 Å². The Labute approximate surface area is 140 Å². The Kier molecular flexibility index (Phi) is 4.93. The number of ether oxygens (including phenoxy) is 1. The van der Waals surface area contributed by atoms with E-state index < -0.39 is 0 Å². The summed E-state index contributed by atoms with van der Waals surface area (Å²) in [6.07, 6.45) is 0. The molecule has 0 spiro atoms. The molecule has 2 aromatic rings. The number of nitrogens with zero attached hydrogens (tertiary/aromatic N) is 2. The van der Waals surface area contributed by atoms with Gasteiger partial charge in [0.05, 0.1) is 12.3 Å². The number of thiazole rings is 1. The third-order valence-corrected chi connectivity index (χ3v) is 5.00. The first-order chi connectivity index (χ1) is 11.2. The van der Waals surface area contributed by atoms with Gasteiger partial charge in [-0.05, 0) is 38.1 Å². The highest BCUT2D eigenvalue weighted by Gasteiger charge is 2.23. The molecule has 0 bridgehead atoms. The molecule has 1 amide bonds. The molecule has 0 unspecified atom stereocenters. The van der Waals surface area contributed by atoms with Gasteiger partial charge in [-0.1, -0.05) is 0 Å². The van der Waals surface area contributed by atoms with E-state index in [9.17, 15) is 4.79 Å². The molecule has 1 aliphatic rings. The Hall–Kier alpha value is -1.92. The summed E-state index contributed by atoms with van der Waals surface area (Å²) in [5, 5.41) is 4.14. The van der Waals surface area contributed by atoms with Gasteiger partial charge in [-0.15, -0.1) is 11.3 Å². The van der Waals surface area contributed by atoms with Crippen LogP contribution < -0.4 is 10.1 Å². The van der Waals surface area contributed by atoms with Crippen molar-refractivity contribution >= 4 is 17.2 Å². The van der Waals surface area contributed by atoms with Gasteiger partial charge < -0.3 is 15.0 Å². The molecule has 1 aromatic heterocycles. The van der Waals surface area contributed by atoms with Crippen molar-refractivity contribution < 1.29 is 9.53 Å². The molecule has 1 saturated heterocycles. The summed E-state index contributed by atoms with van der Waals surface area (Å²) in [4.78, 5) is 19.9. The number of benzene rings is 1. The number of rotatable bonds is 4. The first-order valence-corrected chi connectivity index (χ1v) is 8.71. The lowest BCUT2D eigenvalue weighted by molar-refractivity contribution is 0.0739. The van der Waals surface area contributed by atoms with E-state index in [1.165, 1.54) is 11.3 Å². The number of nitrogens with one attached hydrogen (secondary N) is 1. The number of hydrogen-bond donors (Lipinski definition) is 1. The largest absolute Gasteiger partial charge is 0.494 e. The average Bonchev–Trinajstić information content (AvgIpc) is 2.98. The van der Waals surface area contributed by atoms with E-state index in [4.69, 9.17) is 4.74 Å². The molecule has 1 aromatic carbocycles. The Morgan fingerprint density at radius 2 is 2.00 bits per heavy atom. The SMILES string of the molecule is CCOc1ccc(-c2nc(C)c(C(=O)N3CCNCC3)s2)cc1. The molecule has 2 heterocycles. The first-order valence-electron chi connectivity index (χ1n) is 7.89. The maximum atomic E-state index is 12.7. The molecule has 3 rings (SSSR count). The number of amides is 1. The topological polar surface area (TPSA) is 54.5 Å². The highest BCUT2D eigenvalue weighted by Crippen LogP contribution is 2.30. The summed E-state index contributed by atoms with van der Waals surface area (Å²) in [6, 6.07) is 7.85. The molecule has 0 atom stereocenters. The summed E-state index contributed by atoms with van der Waals surface area (Å²) in [7, 11) is 0. The Bertz CT molecular complexity index is 676. The quantitative estimate of drug-likeness (QED) is 0.935. The number of carbonyl (C=O) groups excluding carboxylic acids is 1. The molecule has 1 N–H and O–H groups in total. The molecule has 23 heavy (non-hydrogen) atoms. The van der Waals surface area contributed by atoms with Crippen molar-refractivity contribution in [2.24, 2.45) is 0 Å². The van der Waals surface area contributed by atoms with E-state index in [1.54, 1.807) is 0 Å². The molecule has 1 aliphatic heterocycles. The minimum Gasteiger partial charge on any atom is -0.494 e. The molecule has 0 aliphatic carbocycles. The van der Waals surface area contributed by atoms with Crippen LogP contribution in [0.3, 0.4) is 0 Å². The van der Waals surface area contributed by atoms with E-state index in [0.717, 1.165) is 53.1 Å². The zero-order valence-electron chi connectivity index (χ0n) is 13.5. The van der Waals surface area contributed by atoms with E-state index in [2.05, 4.69) is 10.3 Å². The first kappa shape index (κ1) is 16.0. The van der Waals surface area contributed by atoms with Gasteiger partial charge in [-0.3, -0.25) is 4.79 Å². The fourth-order valence-corrected chi connectivity index (χ4v) is 3.63. The molecule has 122 valence electrons. The standard InChI is InChI=1S/C17H21N3O2S/c1-3-22-14-6-4-13(5-7-14)16-19-12(2)15(23-16)17(21)20-10-8-18-9-11-20/h4-7,18H,3,8-11H2,1-2H3. The predicted molar refractivity (Wildman–Crippen MR) is 92.2 cm³/mol. The maximum absolute atomic E-state index is 12.7. The van der Waals surface area contributed by atoms with Crippen LogP contribution >= 0.6 is 11.3 Å². The summed E-state index contributed by atoms with van der Waals surface area (Å²) < 4.78 is 5.46. The van der Waals surface area contributed by atoms with Crippen LogP contribution in [0.25, 0.3) is 10.6 Å². The Balaban J connectivity index is 1.81. The number of aromatic nitrogens is 1. The summed E-state index contributed by atoms with van der Waals surface area (Å²) >= 11 is 1.47. The maximum Gasteiger partial charge on any atom is 0.265 e. The van der Waals surface area contributed by atoms with E-state index in [1.807, 2.05) is 43.0 Å². The van der Waals surface area contributed by atoms with Crippen molar-refractivity contribution in [1.82, 2.24) is 15.2 Å². The number of aryl methyl sites for hydroxylation is 1. The lowest BCUT2D eigenvalue weighted by Crippen LogP contribution is -2.46. The van der Waals surface area contributed by atoms with Crippen molar-refractivity contribution in [1.29, 1.82) is 0 Å². The van der Waals surface area contributed by atoms with Crippen LogP contribution in [0.1, 0.15) is 22.3 Å². The number of hydrogen-bond acceptors (Lipinski definition) is 5. The fourth-order valence-electron chi connectivity index (χ4n) is 2.59. The summed E-state index contributed by atoms with van der Waals surface area (Å²) in [5.74, 6) is 0.945. The van der Waals surface area contributed by atoms with Crippen LogP contribution in [-0.2, 0) is 0 Å². The lowest BCUT2D eigenvalue weighted by atomic mass is 10.2. The van der Waals surface area contributed by atoms with Crippen molar-refractivity contribution in [2.75, 3.05) is 32.8 Å². The molecule has 0 saturated carbocycles. The van der Waals surface area contributed by atoms with Crippen molar-refractivity contribution in [3.05, 3.63) is 34.8 Å². The molecule has 6 heteroatoms. The minimum atomic E-state index is 0.0960. The van der Waals surface area contributed by atoms with Gasteiger partial charge in [-0.2, -0.15) is 0 Å². The van der Waals surface area contributed by atoms with Gasteiger partial charge >= 0.3 is 0 Å². The van der Waals surface area contributed by atoms with E-state index in [-0.39, 0.29) is 5.91 Å². The molecular weight excluding hydrogens is 310 g/mol. The van der Waals surface area contributed by atoms with Gasteiger partial charge in [0, 0.05) is 31.7 Å². The fraction of sp³-hybridized carbons (Fsp3) is 0.412. The second-order valence-electron chi connectivity index (χ2n) is 5.43. The molecule has 5 nitrogen and oxygen atoms in total. The number of piperazine rings is 1. The smallest absolute Gasteiger partial charge is 0.265 e. The van der Waals surface area contributed by atoms with Crippen molar-refractivity contribution in [2.45, 2.75) is 13.8 Å². The third kappa shape index (κ3) is 3.54. The van der Waals surface area contributed by atoms with Crippen LogP contribution in [0.5, 0.6) is 5.75 Å². The zero-order valence-corrected chi connectivity index (χ0v) is 14.3. The van der Waals surface area contributed by atoms with Crippen LogP contribution in [0.4, 0.5) is 0 Å². The Morgan fingerprint density at radius 1 is 1.30 bits per heavy atom. The van der Waals surface area contributed by atoms with E-state index in [0.29, 0.717) is 6.61 Å². The summed E-state index contributed by atoms with van der Waals surface area (Å²) in [6.45, 7) is 7.75. The normalized spacial score (nSPS) is 14.8. The lowest BCUT2D eigenvalue weighted by Gasteiger charge is -2.27. The predicted octanol–water partition coefficient (Wildman–Crippen LogP) is 2.56. The van der Waals surface area contributed by atoms with Crippen molar-refractivity contribution in [3.8, 4) is 16.3 Å². The second-order valence-corrected chi connectivity index (χ2v) is 6.43. The number of carbonyl (C=O) groups is 1. The van der Waals surface area contributed by atoms with Crippen LogP contribution in [-0.4, -0.2) is 48.6 Å². The average molecular weight is 331 g/mol. The zero-order chi connectivity index (χ0) is 16.2. The van der Waals surface area contributed by atoms with E-state index >= 15 is 0 Å². The van der Waals surface area contributed by atoms with Gasteiger partial charge in [0.1, 0.15) is 15.6 Å². The van der Waals surface area contributed by atoms with Crippen LogP contribution in [0, 0.1) is 6.92 Å². The molecule has 0 radical (unpaired) electrons. The second kappa shape index (κ2) is 7.10. The van der Waals surface area contributed by atoms with Gasteiger partial charge in [0.15, 0.2) is 0 Å². The minimum absolute atomic E-state index is 0.0960. The van der Waals surface area contributed by atoms with Crippen molar-refractivity contribution in [3.63, 3.8) is 0 Å².